The predicted molar refractivity (Wildman–Crippen MR) is 93.8 cm³/mol. The van der Waals surface area contributed by atoms with Gasteiger partial charge in [0.05, 0.1) is 10.0 Å². The Kier molecular flexibility index (Phi) is 5.62. The molecule has 0 spiro atoms. The molecule has 1 fully saturated rings. The molecule has 0 bridgehead atoms. The third-order valence-corrected chi connectivity index (χ3v) is 4.56. The highest BCUT2D eigenvalue weighted by atomic mass is 35.5. The van der Waals surface area contributed by atoms with Crippen LogP contribution < -0.4 is 5.32 Å². The molecule has 1 aliphatic rings. The molecule has 122 valence electrons. The van der Waals surface area contributed by atoms with Gasteiger partial charge in [-0.25, -0.2) is 0 Å². The number of carbonyl (C=O) groups is 1. The van der Waals surface area contributed by atoms with Crippen molar-refractivity contribution in [2.45, 2.75) is 46.1 Å². The summed E-state index contributed by atoms with van der Waals surface area (Å²) in [5.74, 6) is 0.264. The van der Waals surface area contributed by atoms with Gasteiger partial charge in [0.25, 0.3) is 0 Å². The summed E-state index contributed by atoms with van der Waals surface area (Å²) in [6.45, 7) is 7.93. The van der Waals surface area contributed by atoms with Gasteiger partial charge < -0.3 is 10.2 Å². The number of likely N-dealkylation sites (tertiary alicyclic amines) is 1. The van der Waals surface area contributed by atoms with Crippen LogP contribution in [0.2, 0.25) is 10.0 Å². The van der Waals surface area contributed by atoms with E-state index < -0.39 is 0 Å². The van der Waals surface area contributed by atoms with Crippen LogP contribution in [0.1, 0.15) is 40.0 Å². The maximum Gasteiger partial charge on any atom is 0.223 e. The Balaban J connectivity index is 1.84. The van der Waals surface area contributed by atoms with Crippen molar-refractivity contribution in [1.82, 2.24) is 4.90 Å². The van der Waals surface area contributed by atoms with E-state index in [2.05, 4.69) is 26.1 Å². The summed E-state index contributed by atoms with van der Waals surface area (Å²) in [6, 6.07) is 5.96. The zero-order valence-electron chi connectivity index (χ0n) is 13.5. The van der Waals surface area contributed by atoms with E-state index in [-0.39, 0.29) is 11.3 Å². The maximum atomic E-state index is 12.2. The number of benzene rings is 1. The fourth-order valence-electron chi connectivity index (χ4n) is 2.66. The summed E-state index contributed by atoms with van der Waals surface area (Å²) in [4.78, 5) is 14.2. The van der Waals surface area contributed by atoms with E-state index in [1.54, 1.807) is 6.07 Å². The lowest BCUT2D eigenvalue weighted by atomic mass is 9.91. The molecule has 0 atom stereocenters. The molecule has 0 aromatic heterocycles. The van der Waals surface area contributed by atoms with E-state index in [4.69, 9.17) is 23.2 Å². The highest BCUT2D eigenvalue weighted by Gasteiger charge is 2.25. The van der Waals surface area contributed by atoms with Crippen LogP contribution in [0.4, 0.5) is 5.69 Å². The van der Waals surface area contributed by atoms with E-state index in [1.807, 2.05) is 17.0 Å². The summed E-state index contributed by atoms with van der Waals surface area (Å²) < 4.78 is 0. The Bertz CT molecular complexity index is 532. The number of amides is 1. The van der Waals surface area contributed by atoms with Gasteiger partial charge in [0.1, 0.15) is 0 Å². The molecule has 22 heavy (non-hydrogen) atoms. The zero-order chi connectivity index (χ0) is 16.3. The van der Waals surface area contributed by atoms with Gasteiger partial charge in [0.2, 0.25) is 5.91 Å². The molecule has 1 aromatic rings. The predicted octanol–water partition coefficient (Wildman–Crippen LogP) is 4.83. The molecule has 0 unspecified atom stereocenters. The van der Waals surface area contributed by atoms with Crippen LogP contribution in [0.25, 0.3) is 0 Å². The van der Waals surface area contributed by atoms with Crippen molar-refractivity contribution in [3.63, 3.8) is 0 Å². The highest BCUT2D eigenvalue weighted by molar-refractivity contribution is 6.42. The van der Waals surface area contributed by atoms with Crippen molar-refractivity contribution >= 4 is 34.8 Å². The number of rotatable bonds is 3. The number of anilines is 1. The average molecular weight is 343 g/mol. The highest BCUT2D eigenvalue weighted by Crippen LogP contribution is 2.27. The third-order valence-electron chi connectivity index (χ3n) is 3.82. The number of piperidine rings is 1. The quantitative estimate of drug-likeness (QED) is 0.852. The van der Waals surface area contributed by atoms with Gasteiger partial charge in [0.15, 0.2) is 0 Å². The molecule has 0 aliphatic carbocycles. The average Bonchev–Trinajstić information content (AvgIpc) is 2.42. The first-order valence-corrected chi connectivity index (χ1v) is 8.49. The molecule has 1 saturated heterocycles. The van der Waals surface area contributed by atoms with Gasteiger partial charge in [-0.05, 0) is 36.5 Å². The first kappa shape index (κ1) is 17.4. The number of hydrogen-bond donors (Lipinski definition) is 1. The largest absolute Gasteiger partial charge is 0.382 e. The molecule has 0 saturated carbocycles. The smallest absolute Gasteiger partial charge is 0.223 e. The molecule has 0 radical (unpaired) electrons. The minimum Gasteiger partial charge on any atom is -0.382 e. The van der Waals surface area contributed by atoms with Crippen LogP contribution in [-0.2, 0) is 4.79 Å². The lowest BCUT2D eigenvalue weighted by molar-refractivity contribution is -0.134. The van der Waals surface area contributed by atoms with E-state index in [1.165, 1.54) is 0 Å². The molecule has 1 aromatic carbocycles. The van der Waals surface area contributed by atoms with Crippen LogP contribution in [0.3, 0.4) is 0 Å². The van der Waals surface area contributed by atoms with Gasteiger partial charge in [0, 0.05) is 31.2 Å². The van der Waals surface area contributed by atoms with Gasteiger partial charge in [-0.15, -0.1) is 0 Å². The Morgan fingerprint density at radius 2 is 1.86 bits per heavy atom. The summed E-state index contributed by atoms with van der Waals surface area (Å²) in [5.41, 5.74) is 1.03. The molecule has 2 rings (SSSR count). The van der Waals surface area contributed by atoms with Crippen molar-refractivity contribution in [3.8, 4) is 0 Å². The Hall–Kier alpha value is -0.930. The van der Waals surface area contributed by atoms with Gasteiger partial charge in [-0.1, -0.05) is 44.0 Å². The second-order valence-electron chi connectivity index (χ2n) is 7.17. The summed E-state index contributed by atoms with van der Waals surface area (Å²) in [7, 11) is 0. The summed E-state index contributed by atoms with van der Waals surface area (Å²) in [5, 5.41) is 4.60. The lowest BCUT2D eigenvalue weighted by Crippen LogP contribution is -2.43. The van der Waals surface area contributed by atoms with E-state index in [0.717, 1.165) is 31.6 Å². The normalized spacial score (nSPS) is 16.7. The van der Waals surface area contributed by atoms with Crippen molar-refractivity contribution in [2.75, 3.05) is 18.4 Å². The molecular formula is C17H24Cl2N2O. The van der Waals surface area contributed by atoms with Crippen molar-refractivity contribution in [1.29, 1.82) is 0 Å². The first-order chi connectivity index (χ1) is 10.2. The Morgan fingerprint density at radius 1 is 1.23 bits per heavy atom. The Morgan fingerprint density at radius 3 is 2.41 bits per heavy atom. The molecule has 5 heteroatoms. The molecule has 1 N–H and O–H groups in total. The molecular weight excluding hydrogens is 319 g/mol. The van der Waals surface area contributed by atoms with Crippen molar-refractivity contribution < 1.29 is 4.79 Å². The van der Waals surface area contributed by atoms with E-state index in [9.17, 15) is 4.79 Å². The minimum atomic E-state index is 0.0479. The molecule has 3 nitrogen and oxygen atoms in total. The molecule has 1 aliphatic heterocycles. The fraction of sp³-hybridized carbons (Fsp3) is 0.588. The number of carbonyl (C=O) groups excluding carboxylic acids is 1. The van der Waals surface area contributed by atoms with E-state index >= 15 is 0 Å². The number of nitrogens with zero attached hydrogens (tertiary/aromatic N) is 1. The number of hydrogen-bond acceptors (Lipinski definition) is 2. The molecule has 1 amide bonds. The number of halogens is 2. The second kappa shape index (κ2) is 7.10. The van der Waals surface area contributed by atoms with Crippen molar-refractivity contribution in [2.24, 2.45) is 5.41 Å². The van der Waals surface area contributed by atoms with Crippen LogP contribution in [0.15, 0.2) is 18.2 Å². The summed E-state index contributed by atoms with van der Waals surface area (Å²) in [6.07, 6.45) is 2.52. The second-order valence-corrected chi connectivity index (χ2v) is 7.98. The Labute approximate surface area is 143 Å². The van der Waals surface area contributed by atoms with Crippen molar-refractivity contribution in [3.05, 3.63) is 28.2 Å². The van der Waals surface area contributed by atoms with Crippen LogP contribution in [0.5, 0.6) is 0 Å². The fourth-order valence-corrected chi connectivity index (χ4v) is 2.96. The molecule has 1 heterocycles. The third kappa shape index (κ3) is 5.06. The topological polar surface area (TPSA) is 32.3 Å². The van der Waals surface area contributed by atoms with Gasteiger partial charge in [-0.3, -0.25) is 4.79 Å². The minimum absolute atomic E-state index is 0.0479. The number of nitrogens with one attached hydrogen (secondary N) is 1. The van der Waals surface area contributed by atoms with Crippen LogP contribution in [0, 0.1) is 5.41 Å². The lowest BCUT2D eigenvalue weighted by Gasteiger charge is -2.34. The monoisotopic (exact) mass is 342 g/mol. The van der Waals surface area contributed by atoms with Gasteiger partial charge in [-0.2, -0.15) is 0 Å². The maximum absolute atomic E-state index is 12.2. The first-order valence-electron chi connectivity index (χ1n) is 7.74. The summed E-state index contributed by atoms with van der Waals surface area (Å²) >= 11 is 12.0. The zero-order valence-corrected chi connectivity index (χ0v) is 15.0. The SMILES string of the molecule is CC(C)(C)CC(=O)N1CCC(Nc2ccc(Cl)c(Cl)c2)CC1. The standard InChI is InChI=1S/C17H24Cl2N2O/c1-17(2,3)11-16(22)21-8-6-12(7-9-21)20-13-4-5-14(18)15(19)10-13/h4-5,10,12,20H,6-9,11H2,1-3H3. The van der Waals surface area contributed by atoms with Crippen LogP contribution in [-0.4, -0.2) is 29.9 Å². The van der Waals surface area contributed by atoms with Crippen LogP contribution >= 0.6 is 23.2 Å². The van der Waals surface area contributed by atoms with E-state index in [0.29, 0.717) is 22.5 Å². The van der Waals surface area contributed by atoms with Gasteiger partial charge >= 0.3 is 0 Å².